The van der Waals surface area contributed by atoms with Crippen LogP contribution >= 0.6 is 0 Å². The van der Waals surface area contributed by atoms with Crippen molar-refractivity contribution in [2.75, 3.05) is 28.4 Å². The Balaban J connectivity index is 1.91. The fraction of sp³-hybridized carbons (Fsp3) is 0.192. The molecule has 188 valence electrons. The number of rotatable bonds is 7. The van der Waals surface area contributed by atoms with Crippen molar-refractivity contribution in [2.24, 2.45) is 0 Å². The van der Waals surface area contributed by atoms with Crippen LogP contribution in [0.3, 0.4) is 0 Å². The van der Waals surface area contributed by atoms with E-state index in [1.165, 1.54) is 46.6 Å². The van der Waals surface area contributed by atoms with Gasteiger partial charge < -0.3 is 24.1 Å². The van der Waals surface area contributed by atoms with E-state index in [2.05, 4.69) is 0 Å². The molecule has 1 heterocycles. The van der Waals surface area contributed by atoms with Gasteiger partial charge in [-0.15, -0.1) is 0 Å². The Kier molecular flexibility index (Phi) is 6.69. The molecule has 0 atom stereocenters. The SMILES string of the molecule is COc1ccc(-c2nc(-c3cc(OC)c(OC)c(OC)c3)cn2-c2ccc(C(F)(F)F)cc2)cc1O. The molecule has 0 radical (unpaired) electrons. The highest BCUT2D eigenvalue weighted by Crippen LogP contribution is 2.42. The number of aromatic nitrogens is 2. The summed E-state index contributed by atoms with van der Waals surface area (Å²) in [5.41, 5.74) is 1.31. The molecule has 4 rings (SSSR count). The van der Waals surface area contributed by atoms with Crippen molar-refractivity contribution in [1.29, 1.82) is 0 Å². The first-order valence-electron chi connectivity index (χ1n) is 10.6. The van der Waals surface area contributed by atoms with E-state index in [0.717, 1.165) is 12.1 Å². The quantitative estimate of drug-likeness (QED) is 0.337. The number of benzene rings is 3. The van der Waals surface area contributed by atoms with Crippen LogP contribution in [0.2, 0.25) is 0 Å². The lowest BCUT2D eigenvalue weighted by Crippen LogP contribution is -2.05. The van der Waals surface area contributed by atoms with Crippen LogP contribution in [0, 0.1) is 0 Å². The molecule has 10 heteroatoms. The number of hydrogen-bond donors (Lipinski definition) is 1. The van der Waals surface area contributed by atoms with Gasteiger partial charge in [0.15, 0.2) is 23.0 Å². The van der Waals surface area contributed by atoms with Gasteiger partial charge >= 0.3 is 6.18 Å². The lowest BCUT2D eigenvalue weighted by atomic mass is 10.1. The van der Waals surface area contributed by atoms with Gasteiger partial charge in [-0.25, -0.2) is 4.98 Å². The molecule has 0 saturated heterocycles. The highest BCUT2D eigenvalue weighted by atomic mass is 19.4. The Morgan fingerprint density at radius 3 is 1.86 bits per heavy atom. The second-order valence-electron chi connectivity index (χ2n) is 7.67. The molecular formula is C26H23F3N2O5. The summed E-state index contributed by atoms with van der Waals surface area (Å²) in [6.07, 6.45) is -2.78. The third-order valence-corrected chi connectivity index (χ3v) is 5.58. The number of phenols is 1. The predicted molar refractivity (Wildman–Crippen MR) is 127 cm³/mol. The Morgan fingerprint density at radius 2 is 1.36 bits per heavy atom. The fourth-order valence-corrected chi connectivity index (χ4v) is 3.79. The smallest absolute Gasteiger partial charge is 0.416 e. The molecule has 0 amide bonds. The highest BCUT2D eigenvalue weighted by molar-refractivity contribution is 5.73. The van der Waals surface area contributed by atoms with Crippen molar-refractivity contribution in [3.63, 3.8) is 0 Å². The number of hydrogen-bond acceptors (Lipinski definition) is 6. The van der Waals surface area contributed by atoms with Crippen LogP contribution in [0.15, 0.2) is 60.8 Å². The van der Waals surface area contributed by atoms with Crippen molar-refractivity contribution in [3.05, 3.63) is 66.4 Å². The summed E-state index contributed by atoms with van der Waals surface area (Å²) in [7, 11) is 5.91. The molecule has 0 saturated carbocycles. The number of aromatic hydroxyl groups is 1. The molecule has 4 aromatic rings. The van der Waals surface area contributed by atoms with Gasteiger partial charge in [-0.05, 0) is 54.6 Å². The maximum Gasteiger partial charge on any atom is 0.416 e. The molecule has 0 bridgehead atoms. The van der Waals surface area contributed by atoms with Gasteiger partial charge in [0.05, 0.1) is 39.7 Å². The summed E-state index contributed by atoms with van der Waals surface area (Å²) in [6, 6.07) is 12.9. The van der Waals surface area contributed by atoms with Crippen LogP contribution in [0.5, 0.6) is 28.7 Å². The number of halogens is 3. The van der Waals surface area contributed by atoms with Crippen LogP contribution in [0.1, 0.15) is 5.56 Å². The third-order valence-electron chi connectivity index (χ3n) is 5.58. The molecule has 0 unspecified atom stereocenters. The van der Waals surface area contributed by atoms with E-state index in [0.29, 0.717) is 45.6 Å². The average molecular weight is 500 g/mol. The Bertz CT molecular complexity index is 1360. The van der Waals surface area contributed by atoms with E-state index in [4.69, 9.17) is 23.9 Å². The first kappa shape index (κ1) is 24.8. The number of methoxy groups -OCH3 is 4. The summed E-state index contributed by atoms with van der Waals surface area (Å²) in [5.74, 6) is 1.80. The summed E-state index contributed by atoms with van der Waals surface area (Å²) in [4.78, 5) is 4.74. The Labute approximate surface area is 205 Å². The van der Waals surface area contributed by atoms with E-state index < -0.39 is 11.7 Å². The number of phenolic OH excluding ortho intramolecular Hbond substituents is 1. The molecule has 36 heavy (non-hydrogen) atoms. The van der Waals surface area contributed by atoms with Crippen LogP contribution < -0.4 is 18.9 Å². The van der Waals surface area contributed by atoms with Gasteiger partial charge in [0.2, 0.25) is 5.75 Å². The van der Waals surface area contributed by atoms with Gasteiger partial charge in [0.1, 0.15) is 5.82 Å². The van der Waals surface area contributed by atoms with E-state index in [9.17, 15) is 18.3 Å². The number of alkyl halides is 3. The van der Waals surface area contributed by atoms with E-state index in [1.54, 1.807) is 35.0 Å². The van der Waals surface area contributed by atoms with Crippen LogP contribution in [-0.4, -0.2) is 43.1 Å². The zero-order chi connectivity index (χ0) is 26.0. The zero-order valence-corrected chi connectivity index (χ0v) is 19.9. The van der Waals surface area contributed by atoms with Crippen molar-refractivity contribution in [1.82, 2.24) is 9.55 Å². The minimum atomic E-state index is -4.46. The highest BCUT2D eigenvalue weighted by Gasteiger charge is 2.30. The zero-order valence-electron chi connectivity index (χ0n) is 19.9. The van der Waals surface area contributed by atoms with Crippen molar-refractivity contribution in [3.8, 4) is 57.1 Å². The standard InChI is InChI=1S/C26H23F3N2O5/c1-33-21-10-5-15(11-20(21)32)25-30-19(16-12-22(34-2)24(36-4)23(13-16)35-3)14-31(25)18-8-6-17(7-9-18)26(27,28)29/h5-14,32H,1-4H3. The van der Waals surface area contributed by atoms with Gasteiger partial charge in [-0.1, -0.05) is 0 Å². The first-order chi connectivity index (χ1) is 17.2. The topological polar surface area (TPSA) is 75.0 Å². The van der Waals surface area contributed by atoms with Crippen LogP contribution in [0.4, 0.5) is 13.2 Å². The molecule has 3 aromatic carbocycles. The molecule has 0 fully saturated rings. The molecule has 1 aromatic heterocycles. The van der Waals surface area contributed by atoms with Crippen molar-refractivity contribution >= 4 is 0 Å². The minimum absolute atomic E-state index is 0.105. The molecule has 1 N–H and O–H groups in total. The molecule has 0 spiro atoms. The summed E-state index contributed by atoms with van der Waals surface area (Å²) in [5, 5.41) is 10.3. The molecular weight excluding hydrogens is 477 g/mol. The Hall–Kier alpha value is -4.34. The predicted octanol–water partition coefficient (Wildman–Crippen LogP) is 5.97. The largest absolute Gasteiger partial charge is 0.504 e. The monoisotopic (exact) mass is 500 g/mol. The maximum absolute atomic E-state index is 13.1. The first-order valence-corrected chi connectivity index (χ1v) is 10.6. The van der Waals surface area contributed by atoms with Crippen LogP contribution in [0.25, 0.3) is 28.3 Å². The summed E-state index contributed by atoms with van der Waals surface area (Å²) < 4.78 is 62.4. The number of imidazole rings is 1. The number of ether oxygens (including phenoxy) is 4. The van der Waals surface area contributed by atoms with Crippen molar-refractivity contribution < 1.29 is 37.2 Å². The van der Waals surface area contributed by atoms with Gasteiger partial charge in [0.25, 0.3) is 0 Å². The normalized spacial score (nSPS) is 11.3. The third kappa shape index (κ3) is 4.61. The molecule has 0 aliphatic carbocycles. The average Bonchev–Trinajstić information content (AvgIpc) is 3.32. The second kappa shape index (κ2) is 9.73. The van der Waals surface area contributed by atoms with Gasteiger partial charge in [-0.3, -0.25) is 4.57 Å². The summed E-state index contributed by atoms with van der Waals surface area (Å²) in [6.45, 7) is 0. The minimum Gasteiger partial charge on any atom is -0.504 e. The molecule has 0 aliphatic heterocycles. The maximum atomic E-state index is 13.1. The lowest BCUT2D eigenvalue weighted by Gasteiger charge is -2.13. The second-order valence-corrected chi connectivity index (χ2v) is 7.67. The fourth-order valence-electron chi connectivity index (χ4n) is 3.79. The summed E-state index contributed by atoms with van der Waals surface area (Å²) >= 11 is 0. The Morgan fingerprint density at radius 1 is 0.750 bits per heavy atom. The van der Waals surface area contributed by atoms with E-state index in [-0.39, 0.29) is 11.5 Å². The van der Waals surface area contributed by atoms with E-state index in [1.807, 2.05) is 0 Å². The molecule has 0 aliphatic rings. The van der Waals surface area contributed by atoms with Gasteiger partial charge in [-0.2, -0.15) is 13.2 Å². The van der Waals surface area contributed by atoms with Crippen LogP contribution in [-0.2, 0) is 6.18 Å². The van der Waals surface area contributed by atoms with Gasteiger partial charge in [0, 0.05) is 23.0 Å². The number of nitrogens with zero attached hydrogens (tertiary/aromatic N) is 2. The van der Waals surface area contributed by atoms with Crippen molar-refractivity contribution in [2.45, 2.75) is 6.18 Å². The van der Waals surface area contributed by atoms with E-state index >= 15 is 0 Å². The molecule has 7 nitrogen and oxygen atoms in total. The lowest BCUT2D eigenvalue weighted by molar-refractivity contribution is -0.137.